The van der Waals surface area contributed by atoms with Crippen molar-refractivity contribution in [3.63, 3.8) is 0 Å². The van der Waals surface area contributed by atoms with E-state index >= 15 is 0 Å². The van der Waals surface area contributed by atoms with Crippen LogP contribution in [0.2, 0.25) is 5.02 Å². The summed E-state index contributed by atoms with van der Waals surface area (Å²) in [4.78, 5) is 34.2. The third-order valence-corrected chi connectivity index (χ3v) is 3.74. The molecule has 124 valence electrons. The van der Waals surface area contributed by atoms with Gasteiger partial charge in [0, 0.05) is 15.5 Å². The highest BCUT2D eigenvalue weighted by atomic mass is 35.5. The van der Waals surface area contributed by atoms with Gasteiger partial charge < -0.3 is 5.32 Å². The summed E-state index contributed by atoms with van der Waals surface area (Å²) in [6, 6.07) is 13.4. The number of benzene rings is 2. The molecule has 7 heteroatoms. The van der Waals surface area contributed by atoms with Gasteiger partial charge in [-0.15, -0.1) is 0 Å². The van der Waals surface area contributed by atoms with E-state index in [1.54, 1.807) is 6.92 Å². The van der Waals surface area contributed by atoms with Gasteiger partial charge in [-0.25, -0.2) is 0 Å². The Labute approximate surface area is 143 Å². The molecule has 0 aliphatic rings. The van der Waals surface area contributed by atoms with Crippen LogP contribution in [0, 0.1) is 10.1 Å². The molecule has 0 aromatic heterocycles. The number of carbonyl (C=O) groups is 2. The number of ketones is 1. The van der Waals surface area contributed by atoms with Gasteiger partial charge in [-0.1, -0.05) is 41.9 Å². The van der Waals surface area contributed by atoms with Gasteiger partial charge in [0.25, 0.3) is 6.54 Å². The Balaban J connectivity index is 2.24. The van der Waals surface area contributed by atoms with Gasteiger partial charge in [0.05, 0.1) is 11.6 Å². The summed E-state index contributed by atoms with van der Waals surface area (Å²) in [6.07, 6.45) is 0. The number of amides is 1. The molecule has 24 heavy (non-hydrogen) atoms. The SMILES string of the molecule is CC(C(=O)Nc1ccc(Cl)cc1C(=O)C[N+](=O)[O-])c1ccccc1. The number of anilines is 1. The molecule has 2 aromatic carbocycles. The van der Waals surface area contributed by atoms with E-state index in [0.717, 1.165) is 5.56 Å². The molecular formula is C17H15ClN2O4. The van der Waals surface area contributed by atoms with E-state index in [-0.39, 0.29) is 22.2 Å². The van der Waals surface area contributed by atoms with E-state index in [2.05, 4.69) is 5.32 Å². The summed E-state index contributed by atoms with van der Waals surface area (Å²) >= 11 is 5.86. The first kappa shape index (κ1) is 17.6. The summed E-state index contributed by atoms with van der Waals surface area (Å²) in [7, 11) is 0. The monoisotopic (exact) mass is 346 g/mol. The van der Waals surface area contributed by atoms with Crippen molar-refractivity contribution in [3.05, 3.63) is 74.8 Å². The first-order valence-corrected chi connectivity index (χ1v) is 7.56. The molecule has 6 nitrogen and oxygen atoms in total. The maximum Gasteiger partial charge on any atom is 0.265 e. The summed E-state index contributed by atoms with van der Waals surface area (Å²) < 4.78 is 0. The molecule has 0 bridgehead atoms. The molecule has 0 aliphatic carbocycles. The van der Waals surface area contributed by atoms with Gasteiger partial charge in [0.2, 0.25) is 11.7 Å². The minimum atomic E-state index is -0.864. The van der Waals surface area contributed by atoms with Gasteiger partial charge >= 0.3 is 0 Å². The number of nitrogens with zero attached hydrogens (tertiary/aromatic N) is 1. The Morgan fingerprint density at radius 2 is 1.88 bits per heavy atom. The van der Waals surface area contributed by atoms with Crippen LogP contribution in [0.3, 0.4) is 0 Å². The fourth-order valence-electron chi connectivity index (χ4n) is 2.19. The lowest BCUT2D eigenvalue weighted by Crippen LogP contribution is -2.22. The van der Waals surface area contributed by atoms with Gasteiger partial charge in [0.15, 0.2) is 0 Å². The average molecular weight is 347 g/mol. The van der Waals surface area contributed by atoms with E-state index in [9.17, 15) is 19.7 Å². The van der Waals surface area contributed by atoms with E-state index in [1.807, 2.05) is 30.3 Å². The first-order valence-electron chi connectivity index (χ1n) is 7.19. The molecule has 0 spiro atoms. The van der Waals surface area contributed by atoms with Crippen molar-refractivity contribution in [2.75, 3.05) is 11.9 Å². The highest BCUT2D eigenvalue weighted by Crippen LogP contribution is 2.24. The fraction of sp³-hybridized carbons (Fsp3) is 0.176. The lowest BCUT2D eigenvalue weighted by Gasteiger charge is -2.14. The number of Topliss-reactive ketones (excluding diaryl/α,β-unsaturated/α-hetero) is 1. The van der Waals surface area contributed by atoms with Crippen LogP contribution >= 0.6 is 11.6 Å². The highest BCUT2D eigenvalue weighted by Gasteiger charge is 2.21. The van der Waals surface area contributed by atoms with Crippen LogP contribution in [0.5, 0.6) is 0 Å². The molecule has 0 saturated carbocycles. The van der Waals surface area contributed by atoms with Crippen molar-refractivity contribution in [2.45, 2.75) is 12.8 Å². The second-order valence-corrected chi connectivity index (χ2v) is 5.66. The highest BCUT2D eigenvalue weighted by molar-refractivity contribution is 6.31. The van der Waals surface area contributed by atoms with E-state index in [1.165, 1.54) is 18.2 Å². The number of carbonyl (C=O) groups excluding carboxylic acids is 2. The minimum Gasteiger partial charge on any atom is -0.325 e. The van der Waals surface area contributed by atoms with Crippen molar-refractivity contribution in [3.8, 4) is 0 Å². The smallest absolute Gasteiger partial charge is 0.265 e. The Morgan fingerprint density at radius 1 is 1.21 bits per heavy atom. The maximum atomic E-state index is 12.4. The topological polar surface area (TPSA) is 89.3 Å². The van der Waals surface area contributed by atoms with E-state index in [4.69, 9.17) is 11.6 Å². The lowest BCUT2D eigenvalue weighted by molar-refractivity contribution is -0.465. The zero-order chi connectivity index (χ0) is 17.7. The second kappa shape index (κ2) is 7.70. The Bertz CT molecular complexity index is 777. The van der Waals surface area contributed by atoms with E-state index < -0.39 is 23.2 Å². The standard InChI is InChI=1S/C17H15ClN2O4/c1-11(12-5-3-2-4-6-12)17(22)19-15-8-7-13(18)9-14(15)16(21)10-20(23)24/h2-9,11H,10H2,1H3,(H,19,22). The molecule has 0 aliphatic heterocycles. The van der Waals surface area contributed by atoms with Crippen molar-refractivity contribution < 1.29 is 14.5 Å². The second-order valence-electron chi connectivity index (χ2n) is 5.23. The largest absolute Gasteiger partial charge is 0.325 e. The van der Waals surface area contributed by atoms with Crippen molar-refractivity contribution in [1.29, 1.82) is 0 Å². The predicted octanol–water partition coefficient (Wildman–Crippen LogP) is 3.54. The first-order chi connectivity index (χ1) is 11.4. The Morgan fingerprint density at radius 3 is 2.50 bits per heavy atom. The molecule has 0 fully saturated rings. The van der Waals surface area contributed by atoms with Crippen LogP contribution in [-0.2, 0) is 4.79 Å². The fourth-order valence-corrected chi connectivity index (χ4v) is 2.36. The number of nitro groups is 1. The number of halogens is 1. The molecule has 1 atom stereocenters. The molecule has 2 aromatic rings. The van der Waals surface area contributed by atoms with Crippen molar-refractivity contribution in [2.24, 2.45) is 0 Å². The maximum absolute atomic E-state index is 12.4. The summed E-state index contributed by atoms with van der Waals surface area (Å²) in [5.74, 6) is -1.48. The van der Waals surface area contributed by atoms with Crippen LogP contribution in [-0.4, -0.2) is 23.2 Å². The van der Waals surface area contributed by atoms with Crippen LogP contribution in [0.4, 0.5) is 5.69 Å². The van der Waals surface area contributed by atoms with Gasteiger partial charge in [-0.2, -0.15) is 0 Å². The number of nitrogens with one attached hydrogen (secondary N) is 1. The van der Waals surface area contributed by atoms with Crippen LogP contribution in [0.25, 0.3) is 0 Å². The van der Waals surface area contributed by atoms with Crippen LogP contribution < -0.4 is 5.32 Å². The molecule has 2 rings (SSSR count). The van der Waals surface area contributed by atoms with Crippen molar-refractivity contribution >= 4 is 29.0 Å². The zero-order valence-electron chi connectivity index (χ0n) is 12.9. The van der Waals surface area contributed by atoms with Crippen molar-refractivity contribution in [1.82, 2.24) is 0 Å². The van der Waals surface area contributed by atoms with Crippen LogP contribution in [0.15, 0.2) is 48.5 Å². The average Bonchev–Trinajstić information content (AvgIpc) is 2.55. The lowest BCUT2D eigenvalue weighted by atomic mass is 10.00. The summed E-state index contributed by atoms with van der Waals surface area (Å²) in [5.41, 5.74) is 1.05. The zero-order valence-corrected chi connectivity index (χ0v) is 13.6. The third-order valence-electron chi connectivity index (χ3n) is 3.51. The predicted molar refractivity (Wildman–Crippen MR) is 91.1 cm³/mol. The van der Waals surface area contributed by atoms with Gasteiger partial charge in [0.1, 0.15) is 0 Å². The minimum absolute atomic E-state index is 0.0211. The normalized spacial score (nSPS) is 11.6. The van der Waals surface area contributed by atoms with Gasteiger partial charge in [-0.05, 0) is 30.7 Å². The molecule has 1 unspecified atom stereocenters. The summed E-state index contributed by atoms with van der Waals surface area (Å²) in [6.45, 7) is 0.872. The van der Waals surface area contributed by atoms with Crippen LogP contribution in [0.1, 0.15) is 28.8 Å². The number of rotatable bonds is 6. The quantitative estimate of drug-likeness (QED) is 0.492. The summed E-state index contributed by atoms with van der Waals surface area (Å²) in [5, 5.41) is 13.5. The number of hydrogen-bond acceptors (Lipinski definition) is 4. The Kier molecular flexibility index (Phi) is 5.65. The molecule has 0 saturated heterocycles. The molecule has 1 amide bonds. The van der Waals surface area contributed by atoms with Gasteiger partial charge in [-0.3, -0.25) is 19.7 Å². The molecule has 0 radical (unpaired) electrons. The molecule has 1 N–H and O–H groups in total. The molecule has 0 heterocycles. The van der Waals surface area contributed by atoms with E-state index in [0.29, 0.717) is 0 Å². The third kappa shape index (κ3) is 4.39. The molecular weight excluding hydrogens is 332 g/mol. The Hall–Kier alpha value is -2.73. The number of hydrogen-bond donors (Lipinski definition) is 1.